The first-order chi connectivity index (χ1) is 12.2. The number of halogens is 2. The highest BCUT2D eigenvalue weighted by molar-refractivity contribution is 6.42. The lowest BCUT2D eigenvalue weighted by molar-refractivity contribution is 0.907. The van der Waals surface area contributed by atoms with E-state index in [0.29, 0.717) is 16.6 Å². The summed E-state index contributed by atoms with van der Waals surface area (Å²) in [7, 11) is 0. The van der Waals surface area contributed by atoms with Gasteiger partial charge in [0, 0.05) is 30.2 Å². The minimum Gasteiger partial charge on any atom is -0.365 e. The molecule has 1 aromatic heterocycles. The summed E-state index contributed by atoms with van der Waals surface area (Å²) >= 11 is 12.3. The zero-order valence-corrected chi connectivity index (χ0v) is 14.6. The molecule has 4 rings (SSSR count). The molecule has 1 aliphatic heterocycles. The van der Waals surface area contributed by atoms with Crippen molar-refractivity contribution in [3.05, 3.63) is 82.1 Å². The first kappa shape index (κ1) is 15.9. The highest BCUT2D eigenvalue weighted by atomic mass is 35.5. The predicted molar refractivity (Wildman–Crippen MR) is 103 cm³/mol. The van der Waals surface area contributed by atoms with Gasteiger partial charge in [-0.25, -0.2) is 4.99 Å². The van der Waals surface area contributed by atoms with Gasteiger partial charge in [-0.3, -0.25) is 4.98 Å². The van der Waals surface area contributed by atoms with Crippen molar-refractivity contribution in [3.63, 3.8) is 0 Å². The summed E-state index contributed by atoms with van der Waals surface area (Å²) in [5, 5.41) is 7.76. The highest BCUT2D eigenvalue weighted by Gasteiger charge is 2.17. The van der Waals surface area contributed by atoms with Crippen molar-refractivity contribution in [1.82, 2.24) is 10.3 Å². The van der Waals surface area contributed by atoms with E-state index in [9.17, 15) is 0 Å². The maximum Gasteiger partial charge on any atom is 0.136 e. The van der Waals surface area contributed by atoms with Gasteiger partial charge in [-0.15, -0.1) is 0 Å². The molecular weight excluding hydrogens is 355 g/mol. The summed E-state index contributed by atoms with van der Waals surface area (Å²) in [6.45, 7) is 0.623. The molecule has 2 heterocycles. The predicted octanol–water partition coefficient (Wildman–Crippen LogP) is 5.31. The molecular formula is C19H14Cl2N4. The number of para-hydroxylation sites is 1. The number of anilines is 2. The van der Waals surface area contributed by atoms with Gasteiger partial charge >= 0.3 is 0 Å². The monoisotopic (exact) mass is 368 g/mol. The lowest BCUT2D eigenvalue weighted by Gasteiger charge is -2.12. The number of nitrogens with one attached hydrogen (secondary N) is 2. The quantitative estimate of drug-likeness (QED) is 0.643. The number of fused-ring (bicyclic) bond motifs is 2. The van der Waals surface area contributed by atoms with E-state index in [4.69, 9.17) is 28.2 Å². The fourth-order valence-corrected chi connectivity index (χ4v) is 3.00. The van der Waals surface area contributed by atoms with Crippen LogP contribution in [-0.2, 0) is 6.54 Å². The minimum atomic E-state index is 0.475. The van der Waals surface area contributed by atoms with Crippen molar-refractivity contribution in [3.8, 4) is 0 Å². The fourth-order valence-electron chi connectivity index (χ4n) is 2.68. The second-order valence-corrected chi connectivity index (χ2v) is 6.44. The summed E-state index contributed by atoms with van der Waals surface area (Å²) in [4.78, 5) is 8.92. The number of pyridine rings is 1. The van der Waals surface area contributed by atoms with Gasteiger partial charge in [-0.1, -0.05) is 41.4 Å². The lowest BCUT2D eigenvalue weighted by Crippen LogP contribution is -2.24. The van der Waals surface area contributed by atoms with Crippen molar-refractivity contribution in [2.45, 2.75) is 6.54 Å². The van der Waals surface area contributed by atoms with Gasteiger partial charge in [0.25, 0.3) is 0 Å². The van der Waals surface area contributed by atoms with Crippen molar-refractivity contribution < 1.29 is 0 Å². The van der Waals surface area contributed by atoms with Crippen LogP contribution < -0.4 is 10.6 Å². The molecule has 0 unspecified atom stereocenters. The van der Waals surface area contributed by atoms with E-state index in [2.05, 4.69) is 15.6 Å². The van der Waals surface area contributed by atoms with Crippen LogP contribution in [0.3, 0.4) is 0 Å². The van der Waals surface area contributed by atoms with Gasteiger partial charge in [0.15, 0.2) is 0 Å². The Kier molecular flexibility index (Phi) is 4.30. The third-order valence-corrected chi connectivity index (χ3v) is 4.63. The van der Waals surface area contributed by atoms with Crippen LogP contribution in [0.15, 0.2) is 65.9 Å². The number of amidine groups is 1. The Morgan fingerprint density at radius 2 is 1.80 bits per heavy atom. The van der Waals surface area contributed by atoms with Crippen molar-refractivity contribution in [1.29, 1.82) is 0 Å². The molecule has 0 aliphatic carbocycles. The van der Waals surface area contributed by atoms with E-state index in [0.717, 1.165) is 34.0 Å². The standard InChI is InChI=1S/C19H14Cl2N4/c20-14-8-17-18(9-15(14)21)25-19(13-5-1-2-6-16(13)24-17)23-11-12-4-3-7-22-10-12/h1-10,24H,11H2,(H,23,25). The molecule has 2 aromatic carbocycles. The van der Waals surface area contributed by atoms with Crippen molar-refractivity contribution in [2.75, 3.05) is 5.32 Å². The number of benzene rings is 2. The number of hydrogen-bond donors (Lipinski definition) is 2. The molecule has 0 radical (unpaired) electrons. The van der Waals surface area contributed by atoms with E-state index >= 15 is 0 Å². The molecule has 0 atom stereocenters. The average Bonchev–Trinajstić information content (AvgIpc) is 2.78. The smallest absolute Gasteiger partial charge is 0.136 e. The Morgan fingerprint density at radius 3 is 2.64 bits per heavy atom. The summed E-state index contributed by atoms with van der Waals surface area (Å²) in [6.07, 6.45) is 3.59. The molecule has 2 N–H and O–H groups in total. The van der Waals surface area contributed by atoms with E-state index in [1.165, 1.54) is 0 Å². The summed E-state index contributed by atoms with van der Waals surface area (Å²) in [6, 6.07) is 15.5. The molecule has 6 heteroatoms. The van der Waals surface area contributed by atoms with Gasteiger partial charge in [0.1, 0.15) is 5.84 Å². The molecule has 0 fully saturated rings. The van der Waals surface area contributed by atoms with Crippen LogP contribution in [0.5, 0.6) is 0 Å². The number of nitrogens with zero attached hydrogens (tertiary/aromatic N) is 2. The molecule has 0 amide bonds. The number of aromatic nitrogens is 1. The number of hydrogen-bond acceptors (Lipinski definition) is 4. The topological polar surface area (TPSA) is 49.3 Å². The number of rotatable bonds is 2. The zero-order chi connectivity index (χ0) is 17.2. The summed E-state index contributed by atoms with van der Waals surface area (Å²) in [5.41, 5.74) is 4.57. The van der Waals surface area contributed by atoms with Gasteiger partial charge in [0.2, 0.25) is 0 Å². The van der Waals surface area contributed by atoms with E-state index in [-0.39, 0.29) is 0 Å². The third kappa shape index (κ3) is 3.31. The molecule has 1 aliphatic rings. The van der Waals surface area contributed by atoms with Gasteiger partial charge in [0.05, 0.1) is 21.4 Å². The maximum absolute atomic E-state index is 6.17. The Morgan fingerprint density at radius 1 is 0.960 bits per heavy atom. The summed E-state index contributed by atoms with van der Waals surface area (Å²) in [5.74, 6) is 0.768. The largest absolute Gasteiger partial charge is 0.365 e. The van der Waals surface area contributed by atoms with E-state index < -0.39 is 0 Å². The Bertz CT molecular complexity index is 955. The van der Waals surface area contributed by atoms with Crippen LogP contribution in [0.4, 0.5) is 17.1 Å². The summed E-state index contributed by atoms with van der Waals surface area (Å²) < 4.78 is 0. The molecule has 0 saturated heterocycles. The van der Waals surface area contributed by atoms with Gasteiger partial charge in [-0.05, 0) is 35.9 Å². The molecule has 3 aromatic rings. The molecule has 124 valence electrons. The van der Waals surface area contributed by atoms with Crippen LogP contribution >= 0.6 is 23.2 Å². The van der Waals surface area contributed by atoms with Crippen molar-refractivity contribution in [2.24, 2.45) is 4.99 Å². The number of aliphatic imine (C=N–C) groups is 1. The van der Waals surface area contributed by atoms with Gasteiger partial charge < -0.3 is 10.6 Å². The SMILES string of the molecule is Clc1cc2c(cc1Cl)Nc1ccccc1C(NCc1cccnc1)=N2. The highest BCUT2D eigenvalue weighted by Crippen LogP contribution is 2.39. The van der Waals surface area contributed by atoms with E-state index in [1.54, 1.807) is 18.3 Å². The lowest BCUT2D eigenvalue weighted by atomic mass is 10.1. The normalized spacial score (nSPS) is 12.3. The van der Waals surface area contributed by atoms with Crippen LogP contribution in [0.25, 0.3) is 0 Å². The maximum atomic E-state index is 6.17. The molecule has 25 heavy (non-hydrogen) atoms. The molecule has 0 bridgehead atoms. The second kappa shape index (κ2) is 6.75. The Balaban J connectivity index is 1.76. The minimum absolute atomic E-state index is 0.475. The van der Waals surface area contributed by atoms with Gasteiger partial charge in [-0.2, -0.15) is 0 Å². The van der Waals surface area contributed by atoms with Crippen LogP contribution in [0, 0.1) is 0 Å². The van der Waals surface area contributed by atoms with E-state index in [1.807, 2.05) is 42.6 Å². The Hall–Kier alpha value is -2.56. The van der Waals surface area contributed by atoms with Crippen LogP contribution in [0.1, 0.15) is 11.1 Å². The third-order valence-electron chi connectivity index (χ3n) is 3.91. The molecule has 0 saturated carbocycles. The second-order valence-electron chi connectivity index (χ2n) is 5.63. The Labute approximate surface area is 155 Å². The molecule has 4 nitrogen and oxygen atoms in total. The average molecular weight is 369 g/mol. The fraction of sp³-hybridized carbons (Fsp3) is 0.0526. The zero-order valence-electron chi connectivity index (χ0n) is 13.1. The van der Waals surface area contributed by atoms with Crippen molar-refractivity contribution >= 4 is 46.1 Å². The van der Waals surface area contributed by atoms with Crippen LogP contribution in [0.2, 0.25) is 10.0 Å². The first-order valence-electron chi connectivity index (χ1n) is 7.77. The molecule has 0 spiro atoms. The van der Waals surface area contributed by atoms with Crippen LogP contribution in [-0.4, -0.2) is 10.8 Å². The first-order valence-corrected chi connectivity index (χ1v) is 8.53.